The normalized spacial score (nSPS) is 11.8. The molecule has 0 amide bonds. The van der Waals surface area contributed by atoms with Crippen LogP contribution in [0.1, 0.15) is 0 Å². The summed E-state index contributed by atoms with van der Waals surface area (Å²) in [7, 11) is 0. The van der Waals surface area contributed by atoms with Crippen LogP contribution >= 0.6 is 0 Å². The van der Waals surface area contributed by atoms with E-state index in [1.165, 1.54) is 32.7 Å². The van der Waals surface area contributed by atoms with E-state index in [2.05, 4.69) is 158 Å². The first kappa shape index (κ1) is 29.5. The molecular formula is C49H29N3O. The average molecular weight is 676 g/mol. The molecule has 0 aliphatic carbocycles. The molecule has 0 radical (unpaired) electrons. The Bertz CT molecular complexity index is 3240. The lowest BCUT2D eigenvalue weighted by Crippen LogP contribution is -2.00. The highest BCUT2D eigenvalue weighted by Gasteiger charge is 2.16. The van der Waals surface area contributed by atoms with Crippen LogP contribution in [-0.4, -0.2) is 15.0 Å². The number of aromatic nitrogens is 3. The smallest absolute Gasteiger partial charge is 0.164 e. The number of para-hydroxylation sites is 1. The van der Waals surface area contributed by atoms with Crippen LogP contribution in [0.5, 0.6) is 0 Å². The topological polar surface area (TPSA) is 51.8 Å². The predicted octanol–water partition coefficient (Wildman–Crippen LogP) is 13.1. The molecule has 4 heteroatoms. The average Bonchev–Trinajstić information content (AvgIpc) is 3.59. The molecule has 2 heterocycles. The molecule has 4 nitrogen and oxygen atoms in total. The lowest BCUT2D eigenvalue weighted by molar-refractivity contribution is 0.669. The summed E-state index contributed by atoms with van der Waals surface area (Å²) in [6, 6.07) is 61.8. The van der Waals surface area contributed by atoms with E-state index in [0.717, 1.165) is 60.2 Å². The van der Waals surface area contributed by atoms with E-state index in [0.29, 0.717) is 17.5 Å². The summed E-state index contributed by atoms with van der Waals surface area (Å²) in [5, 5.41) is 11.5. The molecule has 0 aliphatic heterocycles. The fourth-order valence-corrected chi connectivity index (χ4v) is 7.71. The number of hydrogen-bond donors (Lipinski definition) is 0. The van der Waals surface area contributed by atoms with Crippen molar-refractivity contribution < 1.29 is 4.42 Å². The Morgan fingerprint density at radius 1 is 0.264 bits per heavy atom. The Hall–Kier alpha value is -7.17. The third kappa shape index (κ3) is 5.03. The van der Waals surface area contributed by atoms with Gasteiger partial charge in [0.25, 0.3) is 0 Å². The number of fused-ring (bicyclic) bond motifs is 8. The fraction of sp³-hybridized carbons (Fsp3) is 0. The second-order valence-corrected chi connectivity index (χ2v) is 13.7. The molecular weight excluding hydrogens is 647 g/mol. The van der Waals surface area contributed by atoms with Gasteiger partial charge >= 0.3 is 0 Å². The maximum atomic E-state index is 6.26. The van der Waals surface area contributed by atoms with E-state index in [9.17, 15) is 0 Å². The highest BCUT2D eigenvalue weighted by molar-refractivity contribution is 6.11. The Balaban J connectivity index is 1.10. The Morgan fingerprint density at radius 3 is 1.55 bits per heavy atom. The second-order valence-electron chi connectivity index (χ2n) is 13.7. The van der Waals surface area contributed by atoms with E-state index >= 15 is 0 Å². The molecule has 2 aromatic heterocycles. The summed E-state index contributed by atoms with van der Waals surface area (Å²) in [4.78, 5) is 15.5. The number of nitrogens with zero attached hydrogens (tertiary/aromatic N) is 3. The van der Waals surface area contributed by atoms with Gasteiger partial charge in [0.1, 0.15) is 11.2 Å². The standard InChI is InChI=1S/C49H29N3O/c1-2-8-30(9-3-1)34-19-14-31-15-21-36(25-39(31)24-34)47-50-48(37-23-20-35-27-44-42-12-6-7-13-45(42)53-46(44)29-40(35)26-37)52-49(51-47)38-22-18-33-17-16-32-10-4-5-11-41(32)43(33)28-38/h1-29H. The molecule has 9 aromatic carbocycles. The molecule has 0 saturated heterocycles. The first-order chi connectivity index (χ1) is 26.2. The third-order valence-electron chi connectivity index (χ3n) is 10.4. The minimum Gasteiger partial charge on any atom is -0.456 e. The molecule has 246 valence electrons. The molecule has 11 rings (SSSR count). The van der Waals surface area contributed by atoms with Crippen LogP contribution in [0.2, 0.25) is 0 Å². The first-order valence-electron chi connectivity index (χ1n) is 17.8. The van der Waals surface area contributed by atoms with Gasteiger partial charge in [0.05, 0.1) is 0 Å². The summed E-state index contributed by atoms with van der Waals surface area (Å²) in [6.07, 6.45) is 0. The predicted molar refractivity (Wildman–Crippen MR) is 219 cm³/mol. The molecule has 0 bridgehead atoms. The van der Waals surface area contributed by atoms with Crippen LogP contribution in [-0.2, 0) is 0 Å². The zero-order valence-corrected chi connectivity index (χ0v) is 28.5. The first-order valence-corrected chi connectivity index (χ1v) is 17.8. The van der Waals surface area contributed by atoms with Crippen molar-refractivity contribution in [3.05, 3.63) is 176 Å². The zero-order chi connectivity index (χ0) is 34.9. The van der Waals surface area contributed by atoms with Crippen LogP contribution in [0, 0.1) is 0 Å². The summed E-state index contributed by atoms with van der Waals surface area (Å²) >= 11 is 0. The Kier molecular flexibility index (Phi) is 6.52. The van der Waals surface area contributed by atoms with Gasteiger partial charge in [-0.3, -0.25) is 0 Å². The number of furan rings is 1. The molecule has 0 N–H and O–H groups in total. The van der Waals surface area contributed by atoms with Gasteiger partial charge in [-0.25, -0.2) is 15.0 Å². The van der Waals surface area contributed by atoms with Crippen molar-refractivity contribution in [2.24, 2.45) is 0 Å². The van der Waals surface area contributed by atoms with Gasteiger partial charge in [-0.1, -0.05) is 133 Å². The minimum atomic E-state index is 0.618. The molecule has 0 spiro atoms. The minimum absolute atomic E-state index is 0.618. The summed E-state index contributed by atoms with van der Waals surface area (Å²) in [5.74, 6) is 1.88. The lowest BCUT2D eigenvalue weighted by Gasteiger charge is -2.11. The van der Waals surface area contributed by atoms with Crippen molar-refractivity contribution in [2.75, 3.05) is 0 Å². The Labute approximate surface area is 304 Å². The molecule has 0 saturated carbocycles. The van der Waals surface area contributed by atoms with Gasteiger partial charge in [0, 0.05) is 27.5 Å². The van der Waals surface area contributed by atoms with Gasteiger partial charge in [0.15, 0.2) is 17.5 Å². The number of rotatable bonds is 4. The van der Waals surface area contributed by atoms with Crippen molar-refractivity contribution >= 4 is 65.0 Å². The summed E-state index contributed by atoms with van der Waals surface area (Å²) in [6.45, 7) is 0. The van der Waals surface area contributed by atoms with E-state index in [1.54, 1.807) is 0 Å². The lowest BCUT2D eigenvalue weighted by atomic mass is 9.99. The van der Waals surface area contributed by atoms with E-state index in [1.807, 2.05) is 18.2 Å². The monoisotopic (exact) mass is 675 g/mol. The van der Waals surface area contributed by atoms with Crippen LogP contribution < -0.4 is 0 Å². The van der Waals surface area contributed by atoms with Crippen LogP contribution in [0.4, 0.5) is 0 Å². The molecule has 11 aromatic rings. The van der Waals surface area contributed by atoms with Crippen molar-refractivity contribution in [3.8, 4) is 45.3 Å². The maximum Gasteiger partial charge on any atom is 0.164 e. The van der Waals surface area contributed by atoms with Crippen molar-refractivity contribution in [2.45, 2.75) is 0 Å². The molecule has 0 unspecified atom stereocenters. The highest BCUT2D eigenvalue weighted by atomic mass is 16.3. The van der Waals surface area contributed by atoms with E-state index < -0.39 is 0 Å². The summed E-state index contributed by atoms with van der Waals surface area (Å²) in [5.41, 5.74) is 6.90. The highest BCUT2D eigenvalue weighted by Crippen LogP contribution is 2.36. The third-order valence-corrected chi connectivity index (χ3v) is 10.4. The van der Waals surface area contributed by atoms with E-state index in [-0.39, 0.29) is 0 Å². The Morgan fingerprint density at radius 2 is 0.792 bits per heavy atom. The van der Waals surface area contributed by atoms with Crippen LogP contribution in [0.15, 0.2) is 180 Å². The van der Waals surface area contributed by atoms with Gasteiger partial charge in [-0.15, -0.1) is 0 Å². The summed E-state index contributed by atoms with van der Waals surface area (Å²) < 4.78 is 6.26. The van der Waals surface area contributed by atoms with Gasteiger partial charge in [-0.05, 0) is 96.7 Å². The van der Waals surface area contributed by atoms with Crippen LogP contribution in [0.3, 0.4) is 0 Å². The molecule has 0 atom stereocenters. The fourth-order valence-electron chi connectivity index (χ4n) is 7.71. The van der Waals surface area contributed by atoms with Gasteiger partial charge in [-0.2, -0.15) is 0 Å². The number of hydrogen-bond acceptors (Lipinski definition) is 4. The molecule has 53 heavy (non-hydrogen) atoms. The van der Waals surface area contributed by atoms with Crippen molar-refractivity contribution in [1.29, 1.82) is 0 Å². The van der Waals surface area contributed by atoms with Crippen molar-refractivity contribution in [3.63, 3.8) is 0 Å². The van der Waals surface area contributed by atoms with Gasteiger partial charge in [0.2, 0.25) is 0 Å². The van der Waals surface area contributed by atoms with E-state index in [4.69, 9.17) is 19.4 Å². The second kappa shape index (κ2) is 11.7. The largest absolute Gasteiger partial charge is 0.456 e. The SMILES string of the molecule is c1ccc(-c2ccc3ccc(-c4nc(-c5ccc6cc7c(cc6c5)oc5ccccc57)nc(-c5ccc6ccc7ccccc7c6c5)n4)cc3c2)cc1. The number of benzene rings is 9. The maximum absolute atomic E-state index is 6.26. The molecule has 0 fully saturated rings. The quantitative estimate of drug-likeness (QED) is 0.174. The van der Waals surface area contributed by atoms with Gasteiger partial charge < -0.3 is 4.42 Å². The molecule has 0 aliphatic rings. The van der Waals surface area contributed by atoms with Crippen molar-refractivity contribution in [1.82, 2.24) is 15.0 Å². The zero-order valence-electron chi connectivity index (χ0n) is 28.5. The van der Waals surface area contributed by atoms with Crippen LogP contribution in [0.25, 0.3) is 110 Å².